The SMILES string of the molecule is COc1ccccc1NC(=O)N1CCN(c2cc(C)cc(C)c2)CC1. The van der Waals surface area contributed by atoms with Crippen LogP contribution in [0.5, 0.6) is 5.75 Å². The zero-order valence-electron chi connectivity index (χ0n) is 15.1. The van der Waals surface area contributed by atoms with Gasteiger partial charge in [-0.05, 0) is 49.2 Å². The summed E-state index contributed by atoms with van der Waals surface area (Å²) in [5.74, 6) is 0.671. The molecule has 0 bridgehead atoms. The number of ether oxygens (including phenoxy) is 1. The highest BCUT2D eigenvalue weighted by Gasteiger charge is 2.22. The minimum absolute atomic E-state index is 0.0791. The Morgan fingerprint density at radius 3 is 2.28 bits per heavy atom. The first kappa shape index (κ1) is 17.1. The third-order valence-electron chi connectivity index (χ3n) is 4.49. The number of piperazine rings is 1. The van der Waals surface area contributed by atoms with Crippen LogP contribution in [0.25, 0.3) is 0 Å². The molecule has 0 spiro atoms. The highest BCUT2D eigenvalue weighted by molar-refractivity contribution is 5.91. The molecule has 1 fully saturated rings. The van der Waals surface area contributed by atoms with Gasteiger partial charge in [0.05, 0.1) is 12.8 Å². The van der Waals surface area contributed by atoms with Gasteiger partial charge in [0.2, 0.25) is 0 Å². The molecule has 132 valence electrons. The minimum atomic E-state index is -0.0791. The van der Waals surface area contributed by atoms with Gasteiger partial charge in [-0.1, -0.05) is 18.2 Å². The quantitative estimate of drug-likeness (QED) is 0.928. The smallest absolute Gasteiger partial charge is 0.322 e. The monoisotopic (exact) mass is 339 g/mol. The Morgan fingerprint density at radius 2 is 1.64 bits per heavy atom. The number of hydrogen-bond acceptors (Lipinski definition) is 3. The predicted molar refractivity (Wildman–Crippen MR) is 102 cm³/mol. The molecule has 0 aliphatic carbocycles. The number of para-hydroxylation sites is 2. The van der Waals surface area contributed by atoms with Crippen molar-refractivity contribution in [3.8, 4) is 5.75 Å². The van der Waals surface area contributed by atoms with E-state index in [1.807, 2.05) is 29.2 Å². The Hall–Kier alpha value is -2.69. The van der Waals surface area contributed by atoms with Gasteiger partial charge in [-0.15, -0.1) is 0 Å². The number of urea groups is 1. The van der Waals surface area contributed by atoms with Crippen molar-refractivity contribution in [1.82, 2.24) is 4.90 Å². The van der Waals surface area contributed by atoms with Crippen molar-refractivity contribution in [2.45, 2.75) is 13.8 Å². The number of amides is 2. The van der Waals surface area contributed by atoms with E-state index < -0.39 is 0 Å². The lowest BCUT2D eigenvalue weighted by Gasteiger charge is -2.36. The highest BCUT2D eigenvalue weighted by Crippen LogP contribution is 2.24. The number of hydrogen-bond donors (Lipinski definition) is 1. The Labute approximate surface area is 149 Å². The summed E-state index contributed by atoms with van der Waals surface area (Å²) in [6.07, 6.45) is 0. The molecule has 1 saturated heterocycles. The van der Waals surface area contributed by atoms with Gasteiger partial charge in [0.25, 0.3) is 0 Å². The van der Waals surface area contributed by atoms with Crippen LogP contribution in [0.4, 0.5) is 16.2 Å². The van der Waals surface area contributed by atoms with Crippen molar-refractivity contribution in [1.29, 1.82) is 0 Å². The average Bonchev–Trinajstić information content (AvgIpc) is 2.61. The van der Waals surface area contributed by atoms with Crippen LogP contribution in [0.3, 0.4) is 0 Å². The van der Waals surface area contributed by atoms with Crippen LogP contribution in [-0.4, -0.2) is 44.2 Å². The average molecular weight is 339 g/mol. The van der Waals surface area contributed by atoms with E-state index in [0.29, 0.717) is 24.5 Å². The third kappa shape index (κ3) is 4.05. The molecule has 5 heteroatoms. The maximum absolute atomic E-state index is 12.5. The number of aryl methyl sites for hydroxylation is 2. The first-order valence-electron chi connectivity index (χ1n) is 8.59. The Kier molecular flexibility index (Phi) is 5.12. The molecule has 2 aromatic rings. The number of carbonyl (C=O) groups excluding carboxylic acids is 1. The Balaban J connectivity index is 1.61. The van der Waals surface area contributed by atoms with Gasteiger partial charge in [0.1, 0.15) is 5.75 Å². The zero-order valence-corrected chi connectivity index (χ0v) is 15.1. The van der Waals surface area contributed by atoms with Crippen LogP contribution in [-0.2, 0) is 0 Å². The molecule has 25 heavy (non-hydrogen) atoms. The molecular weight excluding hydrogens is 314 g/mol. The Bertz CT molecular complexity index is 732. The summed E-state index contributed by atoms with van der Waals surface area (Å²) in [6, 6.07) is 14.0. The van der Waals surface area contributed by atoms with E-state index in [9.17, 15) is 4.79 Å². The van der Waals surface area contributed by atoms with E-state index in [4.69, 9.17) is 4.74 Å². The minimum Gasteiger partial charge on any atom is -0.495 e. The molecule has 5 nitrogen and oxygen atoms in total. The van der Waals surface area contributed by atoms with Crippen LogP contribution < -0.4 is 15.0 Å². The van der Waals surface area contributed by atoms with Gasteiger partial charge < -0.3 is 19.9 Å². The molecule has 2 aromatic carbocycles. The number of methoxy groups -OCH3 is 1. The van der Waals surface area contributed by atoms with Gasteiger partial charge in [-0.25, -0.2) is 4.79 Å². The van der Waals surface area contributed by atoms with Crippen molar-refractivity contribution in [3.05, 3.63) is 53.6 Å². The second kappa shape index (κ2) is 7.47. The molecule has 1 N–H and O–H groups in total. The summed E-state index contributed by atoms with van der Waals surface area (Å²) in [7, 11) is 1.60. The van der Waals surface area contributed by atoms with Crippen molar-refractivity contribution < 1.29 is 9.53 Å². The molecule has 1 aliphatic heterocycles. The molecular formula is C20H25N3O2. The summed E-state index contributed by atoms with van der Waals surface area (Å²) >= 11 is 0. The molecule has 2 amide bonds. The standard InChI is InChI=1S/C20H25N3O2/c1-15-12-16(2)14-17(13-15)22-8-10-23(11-9-22)20(24)21-18-6-4-5-7-19(18)25-3/h4-7,12-14H,8-11H2,1-3H3,(H,21,24). The second-order valence-electron chi connectivity index (χ2n) is 6.45. The normalized spacial score (nSPS) is 14.4. The molecule has 0 unspecified atom stereocenters. The molecule has 0 saturated carbocycles. The predicted octanol–water partition coefficient (Wildman–Crippen LogP) is 3.67. The maximum Gasteiger partial charge on any atom is 0.322 e. The summed E-state index contributed by atoms with van der Waals surface area (Å²) in [6.45, 7) is 7.31. The first-order valence-corrected chi connectivity index (χ1v) is 8.59. The largest absolute Gasteiger partial charge is 0.495 e. The number of carbonyl (C=O) groups is 1. The molecule has 0 aromatic heterocycles. The van der Waals surface area contributed by atoms with E-state index in [2.05, 4.69) is 42.3 Å². The number of anilines is 2. The van der Waals surface area contributed by atoms with Gasteiger partial charge >= 0.3 is 6.03 Å². The fourth-order valence-corrected chi connectivity index (χ4v) is 3.24. The van der Waals surface area contributed by atoms with Gasteiger partial charge in [-0.2, -0.15) is 0 Å². The molecule has 1 aliphatic rings. The Morgan fingerprint density at radius 1 is 1.00 bits per heavy atom. The van der Waals surface area contributed by atoms with Crippen molar-refractivity contribution in [3.63, 3.8) is 0 Å². The van der Waals surface area contributed by atoms with Crippen molar-refractivity contribution in [2.24, 2.45) is 0 Å². The zero-order chi connectivity index (χ0) is 17.8. The summed E-state index contributed by atoms with van der Waals surface area (Å²) in [4.78, 5) is 16.7. The molecule has 0 atom stereocenters. The summed E-state index contributed by atoms with van der Waals surface area (Å²) in [5.41, 5.74) is 4.48. The fraction of sp³-hybridized carbons (Fsp3) is 0.350. The van der Waals surface area contributed by atoms with Crippen LogP contribution in [0.1, 0.15) is 11.1 Å². The molecule has 1 heterocycles. The van der Waals surface area contributed by atoms with E-state index in [1.165, 1.54) is 16.8 Å². The van der Waals surface area contributed by atoms with Crippen LogP contribution >= 0.6 is 0 Å². The summed E-state index contributed by atoms with van der Waals surface area (Å²) in [5, 5.41) is 2.95. The van der Waals surface area contributed by atoms with E-state index >= 15 is 0 Å². The van der Waals surface area contributed by atoms with E-state index in [1.54, 1.807) is 7.11 Å². The molecule has 3 rings (SSSR count). The highest BCUT2D eigenvalue weighted by atomic mass is 16.5. The third-order valence-corrected chi connectivity index (χ3v) is 4.49. The maximum atomic E-state index is 12.5. The first-order chi connectivity index (χ1) is 12.1. The van der Waals surface area contributed by atoms with E-state index in [0.717, 1.165) is 13.1 Å². The lowest BCUT2D eigenvalue weighted by atomic mass is 10.1. The van der Waals surface area contributed by atoms with Gasteiger partial charge in [-0.3, -0.25) is 0 Å². The fourth-order valence-electron chi connectivity index (χ4n) is 3.24. The van der Waals surface area contributed by atoms with Crippen LogP contribution in [0.15, 0.2) is 42.5 Å². The number of benzene rings is 2. The van der Waals surface area contributed by atoms with Crippen molar-refractivity contribution >= 4 is 17.4 Å². The van der Waals surface area contributed by atoms with Gasteiger partial charge in [0.15, 0.2) is 0 Å². The van der Waals surface area contributed by atoms with Crippen molar-refractivity contribution in [2.75, 3.05) is 43.5 Å². The number of nitrogens with one attached hydrogen (secondary N) is 1. The lowest BCUT2D eigenvalue weighted by Crippen LogP contribution is -2.50. The topological polar surface area (TPSA) is 44.8 Å². The lowest BCUT2D eigenvalue weighted by molar-refractivity contribution is 0.208. The summed E-state index contributed by atoms with van der Waals surface area (Å²) < 4.78 is 5.29. The number of nitrogens with zero attached hydrogens (tertiary/aromatic N) is 2. The van der Waals surface area contributed by atoms with Gasteiger partial charge in [0, 0.05) is 31.9 Å². The van der Waals surface area contributed by atoms with Crippen LogP contribution in [0.2, 0.25) is 0 Å². The second-order valence-corrected chi connectivity index (χ2v) is 6.45. The molecule has 0 radical (unpaired) electrons. The van der Waals surface area contributed by atoms with Crippen LogP contribution in [0, 0.1) is 13.8 Å². The van der Waals surface area contributed by atoms with E-state index in [-0.39, 0.29) is 6.03 Å². The number of rotatable bonds is 3.